The fraction of sp³-hybridized carbons (Fsp3) is 0.222. The van der Waals surface area contributed by atoms with Gasteiger partial charge in [0.15, 0.2) is 0 Å². The van der Waals surface area contributed by atoms with Gasteiger partial charge in [0.05, 0.1) is 17.5 Å². The van der Waals surface area contributed by atoms with Gasteiger partial charge in [-0.2, -0.15) is 4.98 Å². The number of halogens is 1. The Kier molecular flexibility index (Phi) is 7.22. The molecule has 0 aliphatic carbocycles. The van der Waals surface area contributed by atoms with E-state index >= 15 is 0 Å². The number of pyridine rings is 1. The molecule has 190 valence electrons. The summed E-state index contributed by atoms with van der Waals surface area (Å²) in [4.78, 5) is 10.9. The third kappa shape index (κ3) is 5.51. The highest BCUT2D eigenvalue weighted by molar-refractivity contribution is 5.93. The quantitative estimate of drug-likeness (QED) is 0.258. The molecule has 5 N–H and O–H groups in total. The predicted molar refractivity (Wildman–Crippen MR) is 139 cm³/mol. The Balaban J connectivity index is 1.41. The first-order valence-corrected chi connectivity index (χ1v) is 12.0. The van der Waals surface area contributed by atoms with Gasteiger partial charge in [0.1, 0.15) is 11.5 Å². The van der Waals surface area contributed by atoms with E-state index < -0.39 is 5.82 Å². The summed E-state index contributed by atoms with van der Waals surface area (Å²) in [6.45, 7) is 2.58. The maximum Gasteiger partial charge on any atom is 0.276 e. The van der Waals surface area contributed by atoms with Crippen LogP contribution in [0.3, 0.4) is 0 Å². The summed E-state index contributed by atoms with van der Waals surface area (Å²) in [5, 5.41) is 15.0. The standard InChI is InChI=1S/C27H28FN7O2/c28-22-3-1-2-4-23(22)35(30)25(19-9-13-31-14-10-19)24(29)27-32-26(33-37-27)20-7-5-18(6-8-20)17-34-15-11-21(36)12-16-34/h1-10,13-14,21,36H,11-12,15-17,29-30H2/b25-24-. The number of nitrogens with two attached hydrogens (primary N) is 2. The number of benzene rings is 2. The van der Waals surface area contributed by atoms with E-state index in [9.17, 15) is 9.50 Å². The smallest absolute Gasteiger partial charge is 0.276 e. The number of likely N-dealkylation sites (tertiary alicyclic amines) is 1. The Morgan fingerprint density at radius 2 is 1.76 bits per heavy atom. The predicted octanol–water partition coefficient (Wildman–Crippen LogP) is 3.39. The van der Waals surface area contributed by atoms with Crippen molar-refractivity contribution in [2.45, 2.75) is 25.5 Å². The van der Waals surface area contributed by atoms with E-state index in [1.54, 1.807) is 42.7 Å². The second kappa shape index (κ2) is 10.9. The van der Waals surface area contributed by atoms with Gasteiger partial charge in [0.2, 0.25) is 5.82 Å². The van der Waals surface area contributed by atoms with E-state index in [0.717, 1.165) is 48.6 Å². The van der Waals surface area contributed by atoms with Crippen LogP contribution in [-0.4, -0.2) is 44.3 Å². The molecule has 2 aromatic heterocycles. The Morgan fingerprint density at radius 1 is 1.05 bits per heavy atom. The summed E-state index contributed by atoms with van der Waals surface area (Å²) in [6, 6.07) is 17.5. The van der Waals surface area contributed by atoms with Crippen molar-refractivity contribution in [3.05, 3.63) is 95.9 Å². The number of aromatic nitrogens is 3. The molecule has 5 rings (SSSR count). The Bertz CT molecular complexity index is 1370. The molecule has 9 nitrogen and oxygen atoms in total. The molecule has 1 aliphatic rings. The number of aliphatic hydroxyl groups is 1. The number of hydrazine groups is 1. The molecular weight excluding hydrogens is 473 g/mol. The molecule has 0 amide bonds. The molecule has 3 heterocycles. The van der Waals surface area contributed by atoms with E-state index in [1.807, 2.05) is 24.3 Å². The van der Waals surface area contributed by atoms with Gasteiger partial charge >= 0.3 is 0 Å². The average molecular weight is 502 g/mol. The van der Waals surface area contributed by atoms with Gasteiger partial charge in [0, 0.05) is 43.2 Å². The molecule has 0 saturated carbocycles. The van der Waals surface area contributed by atoms with Crippen LogP contribution in [0.5, 0.6) is 0 Å². The molecule has 0 spiro atoms. The van der Waals surface area contributed by atoms with Crippen molar-refractivity contribution >= 4 is 17.1 Å². The highest BCUT2D eigenvalue weighted by atomic mass is 19.1. The maximum absolute atomic E-state index is 14.5. The number of piperidine rings is 1. The van der Waals surface area contributed by atoms with Crippen LogP contribution in [0.1, 0.15) is 29.9 Å². The Labute approximate surface area is 213 Å². The van der Waals surface area contributed by atoms with Crippen molar-refractivity contribution in [3.63, 3.8) is 0 Å². The van der Waals surface area contributed by atoms with Gasteiger partial charge in [0.25, 0.3) is 5.89 Å². The van der Waals surface area contributed by atoms with Crippen LogP contribution in [0, 0.1) is 5.82 Å². The summed E-state index contributed by atoms with van der Waals surface area (Å²) in [5.41, 5.74) is 9.54. The van der Waals surface area contributed by atoms with Crippen molar-refractivity contribution in [2.24, 2.45) is 11.6 Å². The minimum atomic E-state index is -0.503. The largest absolute Gasteiger partial charge is 0.393 e. The van der Waals surface area contributed by atoms with Crippen LogP contribution in [0.25, 0.3) is 22.8 Å². The van der Waals surface area contributed by atoms with Crippen LogP contribution in [0.4, 0.5) is 10.1 Å². The second-order valence-electron chi connectivity index (χ2n) is 8.95. The molecule has 4 aromatic rings. The minimum Gasteiger partial charge on any atom is -0.393 e. The zero-order valence-electron chi connectivity index (χ0n) is 20.2. The number of nitrogens with zero attached hydrogens (tertiary/aromatic N) is 5. The summed E-state index contributed by atoms with van der Waals surface area (Å²) in [6.07, 6.45) is 4.59. The van der Waals surface area contributed by atoms with Crippen molar-refractivity contribution in [1.82, 2.24) is 20.0 Å². The molecule has 0 unspecified atom stereocenters. The second-order valence-corrected chi connectivity index (χ2v) is 8.95. The van der Waals surface area contributed by atoms with E-state index in [-0.39, 0.29) is 23.4 Å². The normalized spacial score (nSPS) is 15.4. The first-order chi connectivity index (χ1) is 18.0. The number of aliphatic hydroxyl groups excluding tert-OH is 1. The molecule has 37 heavy (non-hydrogen) atoms. The molecule has 1 aliphatic heterocycles. The summed E-state index contributed by atoms with van der Waals surface area (Å²) in [5.74, 6) is 6.28. The number of para-hydroxylation sites is 1. The lowest BCUT2D eigenvalue weighted by molar-refractivity contribution is 0.0792. The average Bonchev–Trinajstić information content (AvgIpc) is 3.42. The summed E-state index contributed by atoms with van der Waals surface area (Å²) < 4.78 is 20.0. The van der Waals surface area contributed by atoms with E-state index in [0.29, 0.717) is 17.1 Å². The topological polar surface area (TPSA) is 131 Å². The number of anilines is 1. The first kappa shape index (κ1) is 24.6. The van der Waals surface area contributed by atoms with E-state index in [1.165, 1.54) is 6.07 Å². The first-order valence-electron chi connectivity index (χ1n) is 12.0. The minimum absolute atomic E-state index is 0.0598. The lowest BCUT2D eigenvalue weighted by Crippen LogP contribution is -2.35. The molecule has 2 aromatic carbocycles. The van der Waals surface area contributed by atoms with Crippen molar-refractivity contribution in [3.8, 4) is 11.4 Å². The van der Waals surface area contributed by atoms with Crippen molar-refractivity contribution < 1.29 is 14.0 Å². The molecule has 0 atom stereocenters. The number of hydrogen-bond donors (Lipinski definition) is 3. The molecular formula is C27H28FN7O2. The molecule has 1 fully saturated rings. The molecule has 0 radical (unpaired) electrons. The molecule has 1 saturated heterocycles. The van der Waals surface area contributed by atoms with Crippen LogP contribution >= 0.6 is 0 Å². The summed E-state index contributed by atoms with van der Waals surface area (Å²) >= 11 is 0. The third-order valence-corrected chi connectivity index (χ3v) is 6.39. The highest BCUT2D eigenvalue weighted by Crippen LogP contribution is 2.30. The van der Waals surface area contributed by atoms with Gasteiger partial charge in [-0.3, -0.25) is 14.9 Å². The summed E-state index contributed by atoms with van der Waals surface area (Å²) in [7, 11) is 0. The van der Waals surface area contributed by atoms with Crippen LogP contribution in [0.2, 0.25) is 0 Å². The van der Waals surface area contributed by atoms with Crippen LogP contribution < -0.4 is 16.6 Å². The van der Waals surface area contributed by atoms with Gasteiger partial charge in [-0.1, -0.05) is 41.6 Å². The SMILES string of the molecule is N/C(=C(/c1ccncc1)N(N)c1ccccc1F)c1nc(-c2ccc(CN3CCC(O)CC3)cc2)no1. The zero-order chi connectivity index (χ0) is 25.8. The van der Waals surface area contributed by atoms with E-state index in [4.69, 9.17) is 16.1 Å². The maximum atomic E-state index is 14.5. The third-order valence-electron chi connectivity index (χ3n) is 6.39. The van der Waals surface area contributed by atoms with Crippen LogP contribution in [-0.2, 0) is 6.54 Å². The van der Waals surface area contributed by atoms with E-state index in [2.05, 4.69) is 20.0 Å². The number of rotatable bonds is 7. The fourth-order valence-electron chi connectivity index (χ4n) is 4.35. The molecule has 10 heteroatoms. The zero-order valence-corrected chi connectivity index (χ0v) is 20.2. The fourth-order valence-corrected chi connectivity index (χ4v) is 4.35. The highest BCUT2D eigenvalue weighted by Gasteiger charge is 2.22. The number of hydrogen-bond acceptors (Lipinski definition) is 9. The lowest BCUT2D eigenvalue weighted by Gasteiger charge is -2.29. The Hall–Kier alpha value is -4.12. The monoisotopic (exact) mass is 501 g/mol. The van der Waals surface area contributed by atoms with Crippen molar-refractivity contribution in [1.29, 1.82) is 0 Å². The van der Waals surface area contributed by atoms with Gasteiger partial charge in [-0.15, -0.1) is 0 Å². The van der Waals surface area contributed by atoms with Gasteiger partial charge in [-0.25, -0.2) is 10.2 Å². The van der Waals surface area contributed by atoms with Gasteiger partial charge < -0.3 is 15.4 Å². The van der Waals surface area contributed by atoms with Crippen molar-refractivity contribution in [2.75, 3.05) is 18.1 Å². The Morgan fingerprint density at radius 3 is 2.46 bits per heavy atom. The van der Waals surface area contributed by atoms with Crippen LogP contribution in [0.15, 0.2) is 77.6 Å². The molecule has 0 bridgehead atoms. The van der Waals surface area contributed by atoms with Gasteiger partial charge in [-0.05, 0) is 42.7 Å². The lowest BCUT2D eigenvalue weighted by atomic mass is 10.1.